The van der Waals surface area contributed by atoms with E-state index in [1.807, 2.05) is 0 Å². The highest BCUT2D eigenvalue weighted by atomic mass is 35.5. The molecule has 0 amide bonds. The molecule has 0 aliphatic rings. The van der Waals surface area contributed by atoms with Crippen LogP contribution in [-0.4, -0.2) is 11.0 Å². The molecule has 2 rings (SSSR count). The van der Waals surface area contributed by atoms with Crippen LogP contribution < -0.4 is 0 Å². The van der Waals surface area contributed by atoms with Gasteiger partial charge >= 0.3 is 0 Å². The minimum atomic E-state index is -0.365. The summed E-state index contributed by atoms with van der Waals surface area (Å²) < 4.78 is 13.1. The number of hydrogen-bond donors (Lipinski definition) is 0. The minimum Gasteiger partial charge on any atom is -0.293 e. The Morgan fingerprint density at radius 1 is 1.20 bits per heavy atom. The van der Waals surface area contributed by atoms with E-state index < -0.39 is 0 Å². The molecule has 0 aromatic heterocycles. The summed E-state index contributed by atoms with van der Waals surface area (Å²) in [4.78, 5) is 13.0. The van der Waals surface area contributed by atoms with Gasteiger partial charge in [-0.1, -0.05) is 29.3 Å². The van der Waals surface area contributed by atoms with Gasteiger partial charge in [-0.25, -0.2) is 4.39 Å². The summed E-state index contributed by atoms with van der Waals surface area (Å²) in [5.41, 5.74) is 0.424. The van der Waals surface area contributed by atoms with Crippen LogP contribution in [0.15, 0.2) is 47.4 Å². The van der Waals surface area contributed by atoms with Gasteiger partial charge in [-0.05, 0) is 43.3 Å². The minimum absolute atomic E-state index is 0.110. The summed E-state index contributed by atoms with van der Waals surface area (Å²) in [6.45, 7) is 1.77. The van der Waals surface area contributed by atoms with Gasteiger partial charge in [-0.15, -0.1) is 11.8 Å². The molecule has 0 N–H and O–H groups in total. The number of rotatable bonds is 4. The first-order valence-corrected chi connectivity index (χ1v) is 7.52. The lowest BCUT2D eigenvalue weighted by Gasteiger charge is -2.11. The van der Waals surface area contributed by atoms with Crippen molar-refractivity contribution in [2.45, 2.75) is 17.1 Å². The Kier molecular flexibility index (Phi) is 5.08. The summed E-state index contributed by atoms with van der Waals surface area (Å²) in [5, 5.41) is 0.446. The molecule has 2 aromatic carbocycles. The molecule has 0 heterocycles. The topological polar surface area (TPSA) is 17.1 Å². The van der Waals surface area contributed by atoms with E-state index >= 15 is 0 Å². The van der Waals surface area contributed by atoms with Gasteiger partial charge in [0.25, 0.3) is 0 Å². The molecule has 0 radical (unpaired) electrons. The summed E-state index contributed by atoms with van der Waals surface area (Å²) in [6.07, 6.45) is 0. The van der Waals surface area contributed by atoms with E-state index in [2.05, 4.69) is 0 Å². The van der Waals surface area contributed by atoms with Gasteiger partial charge < -0.3 is 0 Å². The van der Waals surface area contributed by atoms with Crippen LogP contribution in [-0.2, 0) is 0 Å². The van der Waals surface area contributed by atoms with Crippen LogP contribution in [0.25, 0.3) is 0 Å². The fraction of sp³-hybridized carbons (Fsp3) is 0.133. The van der Waals surface area contributed by atoms with Crippen molar-refractivity contribution >= 4 is 40.7 Å². The molecule has 0 saturated heterocycles. The lowest BCUT2D eigenvalue weighted by molar-refractivity contribution is 0.0994. The molecule has 2 aromatic rings. The Bertz CT molecular complexity index is 646. The number of Topliss-reactive ketones (excluding diaryl/α,β-unsaturated/α-hetero) is 1. The molecule has 1 nitrogen and oxygen atoms in total. The number of carbonyl (C=O) groups is 1. The number of halogens is 3. The summed E-state index contributed by atoms with van der Waals surface area (Å²) in [5.74, 6) is -0.430. The third-order valence-corrected chi connectivity index (χ3v) is 4.32. The van der Waals surface area contributed by atoms with E-state index in [1.165, 1.54) is 30.0 Å². The molecular weight excluding hydrogens is 318 g/mol. The smallest absolute Gasteiger partial charge is 0.177 e. The van der Waals surface area contributed by atoms with Gasteiger partial charge in [0.1, 0.15) is 5.82 Å². The van der Waals surface area contributed by atoms with Crippen LogP contribution in [0.4, 0.5) is 4.39 Å². The van der Waals surface area contributed by atoms with Crippen LogP contribution in [0, 0.1) is 5.82 Å². The van der Waals surface area contributed by atoms with Crippen LogP contribution in [0.3, 0.4) is 0 Å². The van der Waals surface area contributed by atoms with Gasteiger partial charge in [0, 0.05) is 15.5 Å². The highest BCUT2D eigenvalue weighted by Crippen LogP contribution is 2.29. The number of carbonyl (C=O) groups excluding carboxylic acids is 1. The summed E-state index contributed by atoms with van der Waals surface area (Å²) >= 11 is 13.1. The zero-order valence-electron chi connectivity index (χ0n) is 10.6. The maximum absolute atomic E-state index is 13.1. The Balaban J connectivity index is 2.16. The first-order valence-electron chi connectivity index (χ1n) is 5.89. The van der Waals surface area contributed by atoms with Crippen molar-refractivity contribution in [2.75, 3.05) is 0 Å². The predicted octanol–water partition coefficient (Wildman–Crippen LogP) is 5.50. The van der Waals surface area contributed by atoms with Crippen LogP contribution in [0.5, 0.6) is 0 Å². The Morgan fingerprint density at radius 3 is 2.60 bits per heavy atom. The van der Waals surface area contributed by atoms with Crippen LogP contribution >= 0.6 is 35.0 Å². The quantitative estimate of drug-likeness (QED) is 0.544. The van der Waals surface area contributed by atoms with E-state index in [4.69, 9.17) is 23.2 Å². The van der Waals surface area contributed by atoms with Crippen molar-refractivity contribution in [3.63, 3.8) is 0 Å². The second-order valence-corrected chi connectivity index (χ2v) is 6.46. The Morgan fingerprint density at radius 2 is 1.95 bits per heavy atom. The maximum Gasteiger partial charge on any atom is 0.177 e. The molecule has 0 spiro atoms. The average Bonchev–Trinajstić information content (AvgIpc) is 2.38. The second-order valence-electron chi connectivity index (χ2n) is 4.21. The molecule has 0 fully saturated rings. The molecule has 0 aliphatic heterocycles. The fourth-order valence-electron chi connectivity index (χ4n) is 1.71. The highest BCUT2D eigenvalue weighted by Gasteiger charge is 2.19. The number of thioether (sulfide) groups is 1. The van der Waals surface area contributed by atoms with Crippen molar-refractivity contribution in [1.29, 1.82) is 0 Å². The normalized spacial score (nSPS) is 12.2. The predicted molar refractivity (Wildman–Crippen MR) is 82.5 cm³/mol. The van der Waals surface area contributed by atoms with E-state index in [1.54, 1.807) is 31.2 Å². The van der Waals surface area contributed by atoms with E-state index in [9.17, 15) is 9.18 Å². The van der Waals surface area contributed by atoms with Crippen molar-refractivity contribution < 1.29 is 9.18 Å². The van der Waals surface area contributed by atoms with Crippen molar-refractivity contribution in [1.82, 2.24) is 0 Å². The van der Waals surface area contributed by atoms with Crippen LogP contribution in [0.2, 0.25) is 10.0 Å². The molecule has 5 heteroatoms. The third kappa shape index (κ3) is 3.75. The second kappa shape index (κ2) is 6.61. The summed E-state index contributed by atoms with van der Waals surface area (Å²) in [7, 11) is 0. The molecule has 1 unspecified atom stereocenters. The lowest BCUT2D eigenvalue weighted by Crippen LogP contribution is -2.13. The molecule has 0 aliphatic carbocycles. The molecule has 0 bridgehead atoms. The monoisotopic (exact) mass is 328 g/mol. The fourth-order valence-corrected chi connectivity index (χ4v) is 3.19. The van der Waals surface area contributed by atoms with Crippen molar-refractivity contribution in [3.8, 4) is 0 Å². The number of hydrogen-bond acceptors (Lipinski definition) is 2. The van der Waals surface area contributed by atoms with Gasteiger partial charge in [0.15, 0.2) is 5.78 Å². The summed E-state index contributed by atoms with van der Waals surface area (Å²) in [6, 6.07) is 10.9. The third-order valence-electron chi connectivity index (χ3n) is 2.67. The SMILES string of the molecule is CC(Sc1cccc(F)c1)C(=O)c1ccc(Cl)cc1Cl. The van der Waals surface area contributed by atoms with E-state index in [-0.39, 0.29) is 16.9 Å². The van der Waals surface area contributed by atoms with Gasteiger partial charge in [0.2, 0.25) is 0 Å². The Labute approximate surface area is 131 Å². The Hall–Kier alpha value is -1.03. The van der Waals surface area contributed by atoms with Crippen molar-refractivity contribution in [3.05, 3.63) is 63.9 Å². The van der Waals surface area contributed by atoms with Crippen molar-refractivity contribution in [2.24, 2.45) is 0 Å². The highest BCUT2D eigenvalue weighted by molar-refractivity contribution is 8.00. The molecular formula is C15H11Cl2FOS. The van der Waals surface area contributed by atoms with E-state index in [0.29, 0.717) is 20.5 Å². The largest absolute Gasteiger partial charge is 0.293 e. The zero-order chi connectivity index (χ0) is 14.7. The molecule has 1 atom stereocenters. The van der Waals surface area contributed by atoms with E-state index in [0.717, 1.165) is 0 Å². The number of benzene rings is 2. The number of ketones is 1. The first kappa shape index (κ1) is 15.4. The standard InChI is InChI=1S/C15H11Cl2FOS/c1-9(20-12-4-2-3-11(18)8-12)15(19)13-6-5-10(16)7-14(13)17/h2-9H,1H3. The van der Waals surface area contributed by atoms with Crippen LogP contribution in [0.1, 0.15) is 17.3 Å². The molecule has 0 saturated carbocycles. The van der Waals surface area contributed by atoms with Gasteiger partial charge in [-0.3, -0.25) is 4.79 Å². The molecule has 104 valence electrons. The first-order chi connectivity index (χ1) is 9.47. The molecule has 20 heavy (non-hydrogen) atoms. The zero-order valence-corrected chi connectivity index (χ0v) is 12.9. The van der Waals surface area contributed by atoms with Gasteiger partial charge in [-0.2, -0.15) is 0 Å². The average molecular weight is 329 g/mol. The lowest BCUT2D eigenvalue weighted by atomic mass is 10.1. The van der Waals surface area contributed by atoms with Gasteiger partial charge in [0.05, 0.1) is 10.3 Å². The maximum atomic E-state index is 13.1.